The van der Waals surface area contributed by atoms with Crippen molar-refractivity contribution in [2.45, 2.75) is 44.6 Å². The minimum atomic E-state index is 0.242. The van der Waals surface area contributed by atoms with Crippen LogP contribution in [0, 0.1) is 5.41 Å². The Morgan fingerprint density at radius 2 is 2.06 bits per heavy atom. The number of hydrogen-bond acceptors (Lipinski definition) is 3. The fourth-order valence-corrected chi connectivity index (χ4v) is 3.18. The van der Waals surface area contributed by atoms with Crippen molar-refractivity contribution in [2.75, 3.05) is 33.4 Å². The third kappa shape index (κ3) is 2.76. The SMILES string of the molecule is CN(CC1(CN)CCOC1)C1CCCCC1. The van der Waals surface area contributed by atoms with E-state index < -0.39 is 0 Å². The molecular weight excluding hydrogens is 200 g/mol. The maximum Gasteiger partial charge on any atom is 0.0547 e. The van der Waals surface area contributed by atoms with Crippen LogP contribution in [0.1, 0.15) is 38.5 Å². The average molecular weight is 226 g/mol. The maximum absolute atomic E-state index is 5.94. The van der Waals surface area contributed by atoms with E-state index in [4.69, 9.17) is 10.5 Å². The maximum atomic E-state index is 5.94. The molecule has 0 aromatic rings. The number of nitrogens with two attached hydrogens (primary N) is 1. The van der Waals surface area contributed by atoms with Crippen LogP contribution in [0.5, 0.6) is 0 Å². The van der Waals surface area contributed by atoms with Gasteiger partial charge in [0.1, 0.15) is 0 Å². The van der Waals surface area contributed by atoms with Crippen LogP contribution in [0.2, 0.25) is 0 Å². The Balaban J connectivity index is 1.86. The highest BCUT2D eigenvalue weighted by atomic mass is 16.5. The molecule has 3 heteroatoms. The predicted molar refractivity (Wildman–Crippen MR) is 66.4 cm³/mol. The van der Waals surface area contributed by atoms with Gasteiger partial charge in [0.15, 0.2) is 0 Å². The Morgan fingerprint density at radius 1 is 1.31 bits per heavy atom. The largest absolute Gasteiger partial charge is 0.381 e. The van der Waals surface area contributed by atoms with Gasteiger partial charge >= 0.3 is 0 Å². The Labute approximate surface area is 99.3 Å². The fourth-order valence-electron chi connectivity index (χ4n) is 3.18. The topological polar surface area (TPSA) is 38.5 Å². The number of ether oxygens (including phenoxy) is 1. The van der Waals surface area contributed by atoms with Gasteiger partial charge in [0.25, 0.3) is 0 Å². The summed E-state index contributed by atoms with van der Waals surface area (Å²) in [7, 11) is 2.27. The standard InChI is InChI=1S/C13H26N2O/c1-15(12-5-3-2-4-6-12)10-13(9-14)7-8-16-11-13/h12H,2-11,14H2,1H3. The van der Waals surface area contributed by atoms with Gasteiger partial charge in [0.05, 0.1) is 6.61 Å². The quantitative estimate of drug-likeness (QED) is 0.791. The summed E-state index contributed by atoms with van der Waals surface area (Å²) in [5, 5.41) is 0. The van der Waals surface area contributed by atoms with Crippen molar-refractivity contribution in [1.82, 2.24) is 4.90 Å². The molecule has 0 radical (unpaired) electrons. The average Bonchev–Trinajstić information content (AvgIpc) is 2.79. The number of nitrogens with zero attached hydrogens (tertiary/aromatic N) is 1. The Kier molecular flexibility index (Phi) is 4.22. The zero-order valence-corrected chi connectivity index (χ0v) is 10.6. The van der Waals surface area contributed by atoms with Crippen LogP contribution in [0.25, 0.3) is 0 Å². The molecule has 1 unspecified atom stereocenters. The highest BCUT2D eigenvalue weighted by Gasteiger charge is 2.36. The van der Waals surface area contributed by atoms with E-state index in [0.29, 0.717) is 0 Å². The van der Waals surface area contributed by atoms with E-state index in [9.17, 15) is 0 Å². The minimum absolute atomic E-state index is 0.242. The van der Waals surface area contributed by atoms with E-state index in [1.165, 1.54) is 32.1 Å². The van der Waals surface area contributed by atoms with E-state index in [1.807, 2.05) is 0 Å². The van der Waals surface area contributed by atoms with Gasteiger partial charge in [-0.25, -0.2) is 0 Å². The second-order valence-electron chi connectivity index (χ2n) is 5.71. The van der Waals surface area contributed by atoms with Gasteiger partial charge in [0.2, 0.25) is 0 Å². The van der Waals surface area contributed by atoms with Crippen molar-refractivity contribution in [3.63, 3.8) is 0 Å². The van der Waals surface area contributed by atoms with Crippen LogP contribution in [-0.2, 0) is 4.74 Å². The van der Waals surface area contributed by atoms with Gasteiger partial charge in [-0.1, -0.05) is 19.3 Å². The van der Waals surface area contributed by atoms with Crippen LogP contribution in [0.4, 0.5) is 0 Å². The normalized spacial score (nSPS) is 32.4. The highest BCUT2D eigenvalue weighted by Crippen LogP contribution is 2.30. The Bertz CT molecular complexity index is 208. The van der Waals surface area contributed by atoms with Crippen molar-refractivity contribution in [1.29, 1.82) is 0 Å². The van der Waals surface area contributed by atoms with Crippen molar-refractivity contribution >= 4 is 0 Å². The highest BCUT2D eigenvalue weighted by molar-refractivity contribution is 4.88. The molecule has 2 rings (SSSR count). The predicted octanol–water partition coefficient (Wildman–Crippen LogP) is 1.62. The molecule has 16 heavy (non-hydrogen) atoms. The lowest BCUT2D eigenvalue weighted by atomic mass is 9.85. The summed E-state index contributed by atoms with van der Waals surface area (Å²) >= 11 is 0. The Morgan fingerprint density at radius 3 is 2.62 bits per heavy atom. The zero-order valence-electron chi connectivity index (χ0n) is 10.6. The number of hydrogen-bond donors (Lipinski definition) is 1. The first-order chi connectivity index (χ1) is 7.76. The van der Waals surface area contributed by atoms with Crippen molar-refractivity contribution in [3.05, 3.63) is 0 Å². The lowest BCUT2D eigenvalue weighted by Crippen LogP contribution is -2.45. The third-order valence-corrected chi connectivity index (χ3v) is 4.40. The zero-order chi connectivity index (χ0) is 11.4. The molecule has 0 aromatic heterocycles. The first-order valence-corrected chi connectivity index (χ1v) is 6.74. The van der Waals surface area contributed by atoms with Gasteiger partial charge in [-0.3, -0.25) is 0 Å². The fraction of sp³-hybridized carbons (Fsp3) is 1.00. The van der Waals surface area contributed by atoms with Crippen LogP contribution < -0.4 is 5.73 Å². The van der Waals surface area contributed by atoms with Crippen LogP contribution >= 0.6 is 0 Å². The van der Waals surface area contributed by atoms with Crippen LogP contribution in [-0.4, -0.2) is 44.3 Å². The van der Waals surface area contributed by atoms with Crippen LogP contribution in [0.15, 0.2) is 0 Å². The molecule has 1 saturated heterocycles. The van der Waals surface area contributed by atoms with Gasteiger partial charge in [-0.05, 0) is 26.3 Å². The summed E-state index contributed by atoms with van der Waals surface area (Å²) in [6, 6.07) is 0.790. The second-order valence-corrected chi connectivity index (χ2v) is 5.71. The molecule has 0 amide bonds. The van der Waals surface area contributed by atoms with Gasteiger partial charge in [-0.2, -0.15) is 0 Å². The smallest absolute Gasteiger partial charge is 0.0547 e. The summed E-state index contributed by atoms with van der Waals surface area (Å²) in [4.78, 5) is 2.54. The molecule has 2 fully saturated rings. The molecule has 1 aliphatic heterocycles. The first-order valence-electron chi connectivity index (χ1n) is 6.74. The van der Waals surface area contributed by atoms with Crippen molar-refractivity contribution in [2.24, 2.45) is 11.1 Å². The molecule has 94 valence electrons. The molecule has 1 heterocycles. The molecule has 1 atom stereocenters. The minimum Gasteiger partial charge on any atom is -0.381 e. The summed E-state index contributed by atoms with van der Waals surface area (Å²) in [6.45, 7) is 3.65. The summed E-state index contributed by atoms with van der Waals surface area (Å²) in [5.41, 5.74) is 6.18. The first kappa shape index (κ1) is 12.3. The molecule has 3 nitrogen and oxygen atoms in total. The molecule has 0 bridgehead atoms. The second kappa shape index (κ2) is 5.48. The van der Waals surface area contributed by atoms with E-state index >= 15 is 0 Å². The molecule has 2 N–H and O–H groups in total. The van der Waals surface area contributed by atoms with E-state index in [-0.39, 0.29) is 5.41 Å². The Hall–Kier alpha value is -0.120. The van der Waals surface area contributed by atoms with E-state index in [2.05, 4.69) is 11.9 Å². The molecular formula is C13H26N2O. The summed E-state index contributed by atoms with van der Waals surface area (Å²) < 4.78 is 5.53. The van der Waals surface area contributed by atoms with Crippen molar-refractivity contribution in [3.8, 4) is 0 Å². The summed E-state index contributed by atoms with van der Waals surface area (Å²) in [5.74, 6) is 0. The van der Waals surface area contributed by atoms with E-state index in [0.717, 1.165) is 38.8 Å². The lowest BCUT2D eigenvalue weighted by Gasteiger charge is -2.37. The molecule has 1 aliphatic carbocycles. The van der Waals surface area contributed by atoms with Crippen LogP contribution in [0.3, 0.4) is 0 Å². The number of rotatable bonds is 4. The molecule has 0 aromatic carbocycles. The van der Waals surface area contributed by atoms with Gasteiger partial charge < -0.3 is 15.4 Å². The molecule has 2 aliphatic rings. The van der Waals surface area contributed by atoms with Gasteiger partial charge in [-0.15, -0.1) is 0 Å². The molecule has 1 saturated carbocycles. The summed E-state index contributed by atoms with van der Waals surface area (Å²) in [6.07, 6.45) is 8.12. The van der Waals surface area contributed by atoms with Crippen molar-refractivity contribution < 1.29 is 4.74 Å². The third-order valence-electron chi connectivity index (χ3n) is 4.40. The monoisotopic (exact) mass is 226 g/mol. The molecule has 0 spiro atoms. The lowest BCUT2D eigenvalue weighted by molar-refractivity contribution is 0.0946. The van der Waals surface area contributed by atoms with Gasteiger partial charge in [0, 0.05) is 31.2 Å². The van der Waals surface area contributed by atoms with E-state index in [1.54, 1.807) is 0 Å².